The Hall–Kier alpha value is -0.240. The topological polar surface area (TPSA) is 270 Å². The van der Waals surface area contributed by atoms with Gasteiger partial charge in [-0.15, -0.1) is 0 Å². The first-order valence-corrected chi connectivity index (χ1v) is 25.0. The molecule has 2 saturated heterocycles. The molecule has 0 aromatic rings. The number of aliphatic carboxylic acids is 2. The van der Waals surface area contributed by atoms with Crippen molar-refractivity contribution in [2.75, 3.05) is 13.2 Å². The molecule has 2 rings (SSSR count). The third kappa shape index (κ3) is 34.1. The van der Waals surface area contributed by atoms with Gasteiger partial charge in [0.15, 0.2) is 12.6 Å². The van der Waals surface area contributed by atoms with E-state index in [1.807, 2.05) is 0 Å². The molecule has 0 spiro atoms. The molecule has 0 aromatic heterocycles. The Balaban J connectivity index is 0. The molecular weight excluding hydrogens is 857 g/mol. The number of aliphatic hydroxyl groups is 8. The Morgan fingerprint density at radius 3 is 1.03 bits per heavy atom. The van der Waals surface area contributed by atoms with Crippen molar-refractivity contribution in [2.45, 2.75) is 281 Å². The zero-order chi connectivity index (χ0) is 47.1. The van der Waals surface area contributed by atoms with Crippen LogP contribution in [0.25, 0.3) is 0 Å². The van der Waals surface area contributed by atoms with E-state index in [1.54, 1.807) is 0 Å². The molecule has 0 aliphatic carbocycles. The minimum absolute atomic E-state index is 0. The molecule has 1 unspecified atom stereocenters. The second kappa shape index (κ2) is 45.2. The third-order valence-electron chi connectivity index (χ3n) is 11.9. The number of ether oxygens (including phenoxy) is 3. The molecule has 0 radical (unpaired) electrons. The summed E-state index contributed by atoms with van der Waals surface area (Å²) in [5.41, 5.74) is 0. The summed E-state index contributed by atoms with van der Waals surface area (Å²) in [5, 5.41) is 96.9. The van der Waals surface area contributed by atoms with Gasteiger partial charge < -0.3 is 74.9 Å². The van der Waals surface area contributed by atoms with Crippen LogP contribution in [0, 0.1) is 0 Å². The van der Waals surface area contributed by atoms with Crippen LogP contribution in [0.1, 0.15) is 219 Å². The maximum absolute atomic E-state index is 10.2. The predicted octanol–water partition coefficient (Wildman–Crippen LogP) is 4.22. The first-order chi connectivity index (χ1) is 30.4. The van der Waals surface area contributed by atoms with E-state index < -0.39 is 86.6 Å². The Morgan fingerprint density at radius 2 is 0.734 bits per heavy atom. The van der Waals surface area contributed by atoms with Gasteiger partial charge in [-0.2, -0.15) is 0 Å². The normalized spacial score (nSPS) is 25.3. The molecule has 8 N–H and O–H groups in total. The van der Waals surface area contributed by atoms with Crippen LogP contribution in [0.5, 0.6) is 0 Å². The van der Waals surface area contributed by atoms with Crippen LogP contribution in [-0.4, -0.2) is 165 Å². The number of carbonyl (C=O) groups is 2. The number of aliphatic hydroxyl groups excluding tert-OH is 8. The number of carboxylic acid groups (broad SMARTS) is 2. The summed E-state index contributed by atoms with van der Waals surface area (Å²) in [6.45, 7) is 3.19. The molecular formula is C48H92CaO15. The Kier molecular flexibility index (Phi) is 46.5. The van der Waals surface area contributed by atoms with E-state index in [-0.39, 0.29) is 50.6 Å². The largest absolute Gasteiger partial charge is 2.00 e. The van der Waals surface area contributed by atoms with Gasteiger partial charge in [0.1, 0.15) is 48.8 Å². The summed E-state index contributed by atoms with van der Waals surface area (Å²) in [6, 6.07) is 0. The van der Waals surface area contributed by atoms with E-state index in [1.165, 1.54) is 167 Å². The van der Waals surface area contributed by atoms with E-state index >= 15 is 0 Å². The standard InChI is InChI=1S/2C18H36O2.C12H22O11.Ca/c2*1-2-3-4-5-6-7-8-9-10-11-12-13-14-15-16-17-18(19)20;13-1-3-5(15)6(16)9(19)12(22-3)23-10-4(2-14)21-11(20)8(18)7(10)17;/h2*2-17H2,1H3,(H,19,20);3-20H,1-2H2;/q;;;+2/p-2/t;;3-,4-,5+,6+,7-,8-,9-,10-,11?,12+;/m..1./s1. The number of carboxylic acids is 2. The van der Waals surface area contributed by atoms with E-state index in [2.05, 4.69) is 13.8 Å². The summed E-state index contributed by atoms with van der Waals surface area (Å²) < 4.78 is 15.3. The van der Waals surface area contributed by atoms with Crippen LogP contribution in [0.15, 0.2) is 0 Å². The van der Waals surface area contributed by atoms with Gasteiger partial charge in [0.25, 0.3) is 0 Å². The van der Waals surface area contributed by atoms with Gasteiger partial charge in [-0.3, -0.25) is 0 Å². The van der Waals surface area contributed by atoms with E-state index in [4.69, 9.17) is 19.3 Å². The molecule has 0 bridgehead atoms. The van der Waals surface area contributed by atoms with Crippen molar-refractivity contribution in [1.82, 2.24) is 0 Å². The van der Waals surface area contributed by atoms with Gasteiger partial charge in [-0.05, 0) is 25.7 Å². The van der Waals surface area contributed by atoms with Gasteiger partial charge in [-0.25, -0.2) is 0 Å². The van der Waals surface area contributed by atoms with Gasteiger partial charge in [0, 0.05) is 11.9 Å². The fraction of sp³-hybridized carbons (Fsp3) is 0.958. The van der Waals surface area contributed by atoms with Crippen LogP contribution in [0.3, 0.4) is 0 Å². The monoisotopic (exact) mass is 949 g/mol. The molecule has 0 amide bonds. The number of rotatable bonds is 36. The van der Waals surface area contributed by atoms with Gasteiger partial charge >= 0.3 is 37.7 Å². The van der Waals surface area contributed by atoms with Crippen LogP contribution >= 0.6 is 0 Å². The molecule has 0 aromatic carbocycles. The van der Waals surface area contributed by atoms with E-state index in [9.17, 15) is 55.5 Å². The summed E-state index contributed by atoms with van der Waals surface area (Å²) in [7, 11) is 0. The minimum atomic E-state index is -1.74. The SMILES string of the molecule is CCCCCCCCCCCCCCCCCC(=O)[O-].CCCCCCCCCCCCCCCCCC(=O)[O-].OC[C@H]1O[C@@H](O[C@H]2[C@H](O)[C@@H](O)C(O)O[C@@H]2CO)[C@H](O)[C@@H](O)[C@H]1O.[Ca+2]. The summed E-state index contributed by atoms with van der Waals surface area (Å²) in [5.74, 6) is -1.81. The number of unbranched alkanes of at least 4 members (excludes halogenated alkanes) is 28. The van der Waals surface area contributed by atoms with Crippen molar-refractivity contribution in [2.24, 2.45) is 0 Å². The van der Waals surface area contributed by atoms with Crippen molar-refractivity contribution >= 4 is 49.7 Å². The average Bonchev–Trinajstić information content (AvgIpc) is 3.26. The second-order valence-corrected chi connectivity index (χ2v) is 17.7. The average molecular weight is 949 g/mol. The second-order valence-electron chi connectivity index (χ2n) is 17.7. The maximum Gasteiger partial charge on any atom is 2.00 e. The van der Waals surface area contributed by atoms with Crippen molar-refractivity contribution in [3.05, 3.63) is 0 Å². The Morgan fingerprint density at radius 1 is 0.422 bits per heavy atom. The summed E-state index contributed by atoms with van der Waals surface area (Å²) >= 11 is 0. The molecule has 376 valence electrons. The van der Waals surface area contributed by atoms with Gasteiger partial charge in [0.2, 0.25) is 0 Å². The van der Waals surface area contributed by atoms with Crippen molar-refractivity contribution < 1.29 is 74.9 Å². The third-order valence-corrected chi connectivity index (χ3v) is 11.9. The van der Waals surface area contributed by atoms with Crippen LogP contribution < -0.4 is 10.2 Å². The van der Waals surface area contributed by atoms with Crippen LogP contribution in [-0.2, 0) is 23.8 Å². The molecule has 16 heteroatoms. The molecule has 2 fully saturated rings. The molecule has 15 nitrogen and oxygen atoms in total. The van der Waals surface area contributed by atoms with Crippen molar-refractivity contribution in [1.29, 1.82) is 0 Å². The number of hydrogen-bond donors (Lipinski definition) is 8. The zero-order valence-electron chi connectivity index (χ0n) is 40.0. The zero-order valence-corrected chi connectivity index (χ0v) is 42.2. The first kappa shape index (κ1) is 65.8. The Bertz CT molecular complexity index is 997. The molecule has 10 atom stereocenters. The fourth-order valence-corrected chi connectivity index (χ4v) is 7.85. The van der Waals surface area contributed by atoms with Crippen LogP contribution in [0.4, 0.5) is 0 Å². The van der Waals surface area contributed by atoms with E-state index in [0.717, 1.165) is 25.7 Å². The molecule has 2 aliphatic heterocycles. The minimum Gasteiger partial charge on any atom is -0.550 e. The van der Waals surface area contributed by atoms with Gasteiger partial charge in [-0.1, -0.05) is 194 Å². The quantitative estimate of drug-likeness (QED) is 0.0323. The number of carbonyl (C=O) groups excluding carboxylic acids is 2. The first-order valence-electron chi connectivity index (χ1n) is 25.0. The Labute approximate surface area is 416 Å². The van der Waals surface area contributed by atoms with Crippen molar-refractivity contribution in [3.63, 3.8) is 0 Å². The molecule has 2 heterocycles. The fourth-order valence-electron chi connectivity index (χ4n) is 7.85. The van der Waals surface area contributed by atoms with E-state index in [0.29, 0.717) is 0 Å². The predicted molar refractivity (Wildman–Crippen MR) is 243 cm³/mol. The smallest absolute Gasteiger partial charge is 0.550 e. The molecule has 0 saturated carbocycles. The maximum atomic E-state index is 10.2. The summed E-state index contributed by atoms with van der Waals surface area (Å²) in [4.78, 5) is 20.4. The van der Waals surface area contributed by atoms with Crippen molar-refractivity contribution in [3.8, 4) is 0 Å². The number of hydrogen-bond acceptors (Lipinski definition) is 15. The molecule has 64 heavy (non-hydrogen) atoms. The van der Waals surface area contributed by atoms with Gasteiger partial charge in [0.05, 0.1) is 13.2 Å². The summed E-state index contributed by atoms with van der Waals surface area (Å²) in [6.07, 6.45) is 24.1. The molecule has 2 aliphatic rings. The van der Waals surface area contributed by atoms with Crippen LogP contribution in [0.2, 0.25) is 0 Å².